The van der Waals surface area contributed by atoms with Gasteiger partial charge in [-0.15, -0.1) is 0 Å². The van der Waals surface area contributed by atoms with E-state index in [9.17, 15) is 14.0 Å². The first kappa shape index (κ1) is 28.4. The lowest BCUT2D eigenvalue weighted by Gasteiger charge is -2.44. The van der Waals surface area contributed by atoms with E-state index in [0.29, 0.717) is 48.1 Å². The summed E-state index contributed by atoms with van der Waals surface area (Å²) in [6.45, 7) is 4.16. The third-order valence-electron chi connectivity index (χ3n) is 8.71. The molecular weight excluding hydrogens is 525 g/mol. The first-order valence-corrected chi connectivity index (χ1v) is 15.0. The van der Waals surface area contributed by atoms with Gasteiger partial charge in [0.15, 0.2) is 0 Å². The van der Waals surface area contributed by atoms with Gasteiger partial charge in [0.1, 0.15) is 5.82 Å². The van der Waals surface area contributed by atoms with Crippen molar-refractivity contribution in [3.63, 3.8) is 0 Å². The monoisotopic (exact) mass is 563 g/mol. The minimum Gasteiger partial charge on any atom is -0.383 e. The number of nitrogens with one attached hydrogen (secondary N) is 2. The molecule has 2 aromatic rings. The van der Waals surface area contributed by atoms with Crippen LogP contribution in [-0.2, 0) is 4.79 Å². The molecule has 1 saturated heterocycles. The molecule has 2 aromatic carbocycles. The molecular formula is C33H39ClFN3O2. The Hall–Kier alpha value is -3.12. The number of anilines is 1. The Kier molecular flexibility index (Phi) is 8.94. The number of halogens is 2. The maximum absolute atomic E-state index is 14.9. The maximum Gasteiger partial charge on any atom is 0.257 e. The van der Waals surface area contributed by atoms with Crippen LogP contribution < -0.4 is 10.6 Å². The molecule has 1 aliphatic heterocycles. The topological polar surface area (TPSA) is 61.4 Å². The van der Waals surface area contributed by atoms with Crippen LogP contribution in [0.3, 0.4) is 0 Å². The van der Waals surface area contributed by atoms with Crippen LogP contribution in [0.1, 0.15) is 72.9 Å². The molecule has 7 heteroatoms. The molecule has 0 radical (unpaired) electrons. The van der Waals surface area contributed by atoms with Crippen LogP contribution >= 0.6 is 11.6 Å². The first-order valence-electron chi connectivity index (χ1n) is 14.6. The van der Waals surface area contributed by atoms with Gasteiger partial charge in [-0.3, -0.25) is 9.59 Å². The van der Waals surface area contributed by atoms with Crippen molar-refractivity contribution in [2.24, 2.45) is 11.8 Å². The molecule has 3 atom stereocenters. The van der Waals surface area contributed by atoms with Gasteiger partial charge in [0.25, 0.3) is 5.91 Å². The van der Waals surface area contributed by atoms with Crippen molar-refractivity contribution in [1.29, 1.82) is 0 Å². The van der Waals surface area contributed by atoms with Crippen LogP contribution in [0.5, 0.6) is 0 Å². The zero-order chi connectivity index (χ0) is 28.2. The molecule has 5 rings (SSSR count). The van der Waals surface area contributed by atoms with Crippen LogP contribution in [0.25, 0.3) is 0 Å². The number of piperidine rings is 1. The molecule has 1 heterocycles. The van der Waals surface area contributed by atoms with Crippen molar-refractivity contribution >= 4 is 29.1 Å². The van der Waals surface area contributed by atoms with Crippen molar-refractivity contribution in [2.75, 3.05) is 11.9 Å². The molecule has 3 aliphatic rings. The molecule has 1 saturated carbocycles. The highest BCUT2D eigenvalue weighted by Crippen LogP contribution is 2.36. The fraction of sp³-hybridized carbons (Fsp3) is 0.455. The Morgan fingerprint density at radius 3 is 2.50 bits per heavy atom. The van der Waals surface area contributed by atoms with Crippen molar-refractivity contribution in [1.82, 2.24) is 10.2 Å². The number of benzene rings is 2. The fourth-order valence-corrected chi connectivity index (χ4v) is 6.68. The zero-order valence-electron chi connectivity index (χ0n) is 23.4. The Labute approximate surface area is 241 Å². The van der Waals surface area contributed by atoms with Gasteiger partial charge >= 0.3 is 0 Å². The molecule has 1 unspecified atom stereocenters. The Bertz CT molecular complexity index is 1300. The summed E-state index contributed by atoms with van der Waals surface area (Å²) in [5.41, 5.74) is 3.36. The van der Waals surface area contributed by atoms with Crippen LogP contribution in [0.15, 0.2) is 60.3 Å². The summed E-state index contributed by atoms with van der Waals surface area (Å²) in [5, 5.41) is 7.32. The van der Waals surface area contributed by atoms with Crippen molar-refractivity contribution in [2.45, 2.75) is 77.3 Å². The van der Waals surface area contributed by atoms with Gasteiger partial charge < -0.3 is 15.5 Å². The number of hydrogen-bond acceptors (Lipinski definition) is 3. The minimum atomic E-state index is -0.525. The van der Waals surface area contributed by atoms with Crippen LogP contribution in [0, 0.1) is 31.5 Å². The number of rotatable bonds is 6. The number of nitrogens with zero attached hydrogens (tertiary/aromatic N) is 1. The summed E-state index contributed by atoms with van der Waals surface area (Å²) in [5.74, 6) is -1.52. The van der Waals surface area contributed by atoms with E-state index in [-0.39, 0.29) is 23.3 Å². The second kappa shape index (κ2) is 12.6. The van der Waals surface area contributed by atoms with E-state index in [4.69, 9.17) is 11.6 Å². The number of carbonyl (C=O) groups is 2. The lowest BCUT2D eigenvalue weighted by atomic mass is 9.77. The smallest absolute Gasteiger partial charge is 0.257 e. The number of amides is 2. The van der Waals surface area contributed by atoms with E-state index in [1.54, 1.807) is 30.0 Å². The minimum absolute atomic E-state index is 0.0643. The van der Waals surface area contributed by atoms with Gasteiger partial charge in [0.05, 0.1) is 17.5 Å². The van der Waals surface area contributed by atoms with E-state index in [2.05, 4.69) is 28.9 Å². The SMILES string of the molecule is Cc1ccc(NC(=O)[C@H]2CCCN(C(=O)c3c(C)cccc3F)[C@H]2C2C=CC(NC3CCCCC3)=CC2)cc1Cl. The summed E-state index contributed by atoms with van der Waals surface area (Å²) in [6.07, 6.45) is 14.7. The quantitative estimate of drug-likeness (QED) is 0.386. The first-order chi connectivity index (χ1) is 19.3. The third-order valence-corrected chi connectivity index (χ3v) is 9.11. The van der Waals surface area contributed by atoms with Crippen LogP contribution in [0.2, 0.25) is 5.02 Å². The highest BCUT2D eigenvalue weighted by molar-refractivity contribution is 6.31. The van der Waals surface area contributed by atoms with Crippen LogP contribution in [0.4, 0.5) is 10.1 Å². The molecule has 40 heavy (non-hydrogen) atoms. The summed E-state index contributed by atoms with van der Waals surface area (Å²) < 4.78 is 14.9. The van der Waals surface area contributed by atoms with E-state index < -0.39 is 17.8 Å². The van der Waals surface area contributed by atoms with E-state index >= 15 is 0 Å². The molecule has 2 N–H and O–H groups in total. The lowest BCUT2D eigenvalue weighted by molar-refractivity contribution is -0.123. The maximum atomic E-state index is 14.9. The molecule has 0 aromatic heterocycles. The largest absolute Gasteiger partial charge is 0.383 e. The van der Waals surface area contributed by atoms with Gasteiger partial charge in [-0.25, -0.2) is 4.39 Å². The van der Waals surface area contributed by atoms with Gasteiger partial charge in [-0.05, 0) is 81.4 Å². The summed E-state index contributed by atoms with van der Waals surface area (Å²) in [4.78, 5) is 29.4. The predicted octanol–water partition coefficient (Wildman–Crippen LogP) is 7.34. The van der Waals surface area contributed by atoms with Gasteiger partial charge in [-0.2, -0.15) is 0 Å². The molecule has 5 nitrogen and oxygen atoms in total. The highest BCUT2D eigenvalue weighted by Gasteiger charge is 2.43. The lowest BCUT2D eigenvalue weighted by Crippen LogP contribution is -2.55. The number of allylic oxidation sites excluding steroid dienone is 2. The Morgan fingerprint density at radius 1 is 1.00 bits per heavy atom. The summed E-state index contributed by atoms with van der Waals surface area (Å²) in [7, 11) is 0. The number of carbonyl (C=O) groups excluding carboxylic acids is 2. The normalized spacial score (nSPS) is 23.4. The fourth-order valence-electron chi connectivity index (χ4n) is 6.50. The van der Waals surface area contributed by atoms with Gasteiger partial charge in [-0.1, -0.05) is 61.2 Å². The van der Waals surface area contributed by atoms with E-state index in [1.807, 2.05) is 19.1 Å². The van der Waals surface area contributed by atoms with Crippen LogP contribution in [-0.4, -0.2) is 35.3 Å². The third kappa shape index (κ3) is 6.27. The molecule has 0 bridgehead atoms. The zero-order valence-corrected chi connectivity index (χ0v) is 24.1. The molecule has 2 aliphatic carbocycles. The van der Waals surface area contributed by atoms with Crippen molar-refractivity contribution in [3.05, 3.63) is 87.9 Å². The highest BCUT2D eigenvalue weighted by atomic mass is 35.5. The predicted molar refractivity (Wildman–Crippen MR) is 159 cm³/mol. The average Bonchev–Trinajstić information content (AvgIpc) is 2.95. The Morgan fingerprint density at radius 2 is 1.80 bits per heavy atom. The molecule has 0 spiro atoms. The molecule has 212 valence electrons. The standard InChI is InChI=1S/C33H39ClFN3O2/c1-21-13-16-26(20-28(21)34)37-32(39)27-11-7-19-38(33(40)30-22(2)8-6-12-29(30)35)31(27)23-14-17-25(18-15-23)36-24-9-4-3-5-10-24/h6,8,12-14,16-18,20,23-24,27,31,36H,3-5,7,9-11,15,19H2,1-2H3,(H,37,39)/t23?,27-,31-/m0/s1. The van der Waals surface area contributed by atoms with Gasteiger partial charge in [0.2, 0.25) is 5.91 Å². The Balaban J connectivity index is 1.41. The number of aryl methyl sites for hydroxylation is 2. The summed E-state index contributed by atoms with van der Waals surface area (Å²) >= 11 is 6.32. The number of hydrogen-bond donors (Lipinski definition) is 2. The summed E-state index contributed by atoms with van der Waals surface area (Å²) in [6, 6.07) is 10.3. The number of likely N-dealkylation sites (tertiary alicyclic amines) is 1. The average molecular weight is 564 g/mol. The molecule has 2 fully saturated rings. The second-order valence-electron chi connectivity index (χ2n) is 11.5. The van der Waals surface area contributed by atoms with E-state index in [1.165, 1.54) is 38.2 Å². The molecule has 2 amide bonds. The second-order valence-corrected chi connectivity index (χ2v) is 11.9. The van der Waals surface area contributed by atoms with Crippen molar-refractivity contribution < 1.29 is 14.0 Å². The van der Waals surface area contributed by atoms with Gasteiger partial charge in [0, 0.05) is 34.9 Å². The van der Waals surface area contributed by atoms with E-state index in [0.717, 1.165) is 11.3 Å². The van der Waals surface area contributed by atoms with Crippen molar-refractivity contribution in [3.8, 4) is 0 Å².